The van der Waals surface area contributed by atoms with Gasteiger partial charge in [0.25, 0.3) is 0 Å². The molecule has 1 aromatic carbocycles. The van der Waals surface area contributed by atoms with Gasteiger partial charge in [0.15, 0.2) is 5.96 Å². The number of nitrogens with one attached hydrogen (secondary N) is 1. The zero-order valence-corrected chi connectivity index (χ0v) is 19.5. The average Bonchev–Trinajstić information content (AvgIpc) is 3.33. The first-order chi connectivity index (χ1) is 15.7. The minimum atomic E-state index is 0.155. The highest BCUT2D eigenvalue weighted by Crippen LogP contribution is 2.22. The van der Waals surface area contributed by atoms with Crippen LogP contribution in [0.2, 0.25) is 0 Å². The Hall–Kier alpha value is -2.12. The van der Waals surface area contributed by atoms with Crippen LogP contribution in [0.4, 0.5) is 0 Å². The first kappa shape index (κ1) is 23.1. The SMILES string of the molecule is CCNC(=NCC(=O)N1CCC(Cc2ccccc2)CC1)N1CCC(N2CCOCC2)C1. The van der Waals surface area contributed by atoms with Crippen molar-refractivity contribution in [3.05, 3.63) is 35.9 Å². The number of ether oxygens (including phenoxy) is 1. The van der Waals surface area contributed by atoms with Crippen molar-refractivity contribution in [3.63, 3.8) is 0 Å². The zero-order chi connectivity index (χ0) is 22.2. The van der Waals surface area contributed by atoms with Crippen LogP contribution in [0.5, 0.6) is 0 Å². The molecule has 0 spiro atoms. The zero-order valence-electron chi connectivity index (χ0n) is 19.5. The lowest BCUT2D eigenvalue weighted by Crippen LogP contribution is -2.47. The minimum Gasteiger partial charge on any atom is -0.379 e. The van der Waals surface area contributed by atoms with Gasteiger partial charge in [-0.05, 0) is 44.1 Å². The van der Waals surface area contributed by atoms with Crippen LogP contribution in [0, 0.1) is 5.92 Å². The Morgan fingerprint density at radius 3 is 2.47 bits per heavy atom. The molecule has 3 aliphatic heterocycles. The monoisotopic (exact) mass is 441 g/mol. The van der Waals surface area contributed by atoms with Gasteiger partial charge in [0.05, 0.1) is 13.2 Å². The Balaban J connectivity index is 1.25. The number of morpholine rings is 1. The molecule has 32 heavy (non-hydrogen) atoms. The van der Waals surface area contributed by atoms with E-state index in [2.05, 4.69) is 52.4 Å². The number of guanidine groups is 1. The second-order valence-electron chi connectivity index (χ2n) is 9.22. The van der Waals surface area contributed by atoms with Gasteiger partial charge in [0, 0.05) is 51.9 Å². The van der Waals surface area contributed by atoms with Crippen LogP contribution >= 0.6 is 0 Å². The van der Waals surface area contributed by atoms with Crippen LogP contribution in [0.3, 0.4) is 0 Å². The van der Waals surface area contributed by atoms with E-state index >= 15 is 0 Å². The molecule has 0 radical (unpaired) electrons. The van der Waals surface area contributed by atoms with Crippen LogP contribution in [0.15, 0.2) is 35.3 Å². The van der Waals surface area contributed by atoms with E-state index in [-0.39, 0.29) is 12.5 Å². The van der Waals surface area contributed by atoms with E-state index in [1.807, 2.05) is 4.90 Å². The topological polar surface area (TPSA) is 60.4 Å². The van der Waals surface area contributed by atoms with Gasteiger partial charge in [-0.3, -0.25) is 9.69 Å². The molecule has 1 atom stereocenters. The predicted molar refractivity (Wildman–Crippen MR) is 128 cm³/mol. The quantitative estimate of drug-likeness (QED) is 0.539. The van der Waals surface area contributed by atoms with Crippen molar-refractivity contribution < 1.29 is 9.53 Å². The molecular weight excluding hydrogens is 402 g/mol. The highest BCUT2D eigenvalue weighted by molar-refractivity contribution is 5.85. The molecule has 3 saturated heterocycles. The van der Waals surface area contributed by atoms with Crippen LogP contribution < -0.4 is 5.32 Å². The molecule has 7 heteroatoms. The Morgan fingerprint density at radius 2 is 1.75 bits per heavy atom. The molecule has 1 amide bonds. The smallest absolute Gasteiger partial charge is 0.244 e. The van der Waals surface area contributed by atoms with Crippen molar-refractivity contribution in [2.24, 2.45) is 10.9 Å². The molecule has 0 bridgehead atoms. The summed E-state index contributed by atoms with van der Waals surface area (Å²) in [6.07, 6.45) is 4.42. The van der Waals surface area contributed by atoms with Gasteiger partial charge in [0.1, 0.15) is 6.54 Å². The van der Waals surface area contributed by atoms with Crippen molar-refractivity contribution >= 4 is 11.9 Å². The Labute approximate surface area is 192 Å². The van der Waals surface area contributed by atoms with E-state index in [0.717, 1.165) is 90.7 Å². The fourth-order valence-corrected chi connectivity index (χ4v) is 5.18. The van der Waals surface area contributed by atoms with Crippen molar-refractivity contribution in [1.82, 2.24) is 20.0 Å². The van der Waals surface area contributed by atoms with Gasteiger partial charge in [-0.2, -0.15) is 0 Å². The molecule has 1 N–H and O–H groups in total. The van der Waals surface area contributed by atoms with Crippen molar-refractivity contribution in [3.8, 4) is 0 Å². The summed E-state index contributed by atoms with van der Waals surface area (Å²) in [4.78, 5) is 24.5. The molecule has 0 aromatic heterocycles. The second kappa shape index (κ2) is 11.7. The molecule has 4 rings (SSSR count). The number of aliphatic imine (C=N–C) groups is 1. The summed E-state index contributed by atoms with van der Waals surface area (Å²) in [6, 6.07) is 11.3. The van der Waals surface area contributed by atoms with Crippen molar-refractivity contribution in [2.45, 2.75) is 38.6 Å². The maximum absolute atomic E-state index is 12.8. The number of carbonyl (C=O) groups is 1. The lowest BCUT2D eigenvalue weighted by molar-refractivity contribution is -0.131. The van der Waals surface area contributed by atoms with Crippen molar-refractivity contribution in [1.29, 1.82) is 0 Å². The number of hydrogen-bond acceptors (Lipinski definition) is 4. The number of piperidine rings is 1. The largest absolute Gasteiger partial charge is 0.379 e. The Kier molecular flexibility index (Phi) is 8.40. The summed E-state index contributed by atoms with van der Waals surface area (Å²) in [6.45, 7) is 10.5. The first-order valence-electron chi connectivity index (χ1n) is 12.4. The number of hydrogen-bond donors (Lipinski definition) is 1. The summed E-state index contributed by atoms with van der Waals surface area (Å²) in [5.74, 6) is 1.71. The Bertz CT molecular complexity index is 742. The molecular formula is C25H39N5O2. The van der Waals surface area contributed by atoms with Crippen LogP contribution in [-0.2, 0) is 16.0 Å². The molecule has 176 valence electrons. The van der Waals surface area contributed by atoms with Crippen LogP contribution in [0.1, 0.15) is 31.7 Å². The van der Waals surface area contributed by atoms with Gasteiger partial charge in [-0.15, -0.1) is 0 Å². The second-order valence-corrected chi connectivity index (χ2v) is 9.22. The molecule has 3 heterocycles. The molecule has 1 aromatic rings. The molecule has 0 saturated carbocycles. The third-order valence-electron chi connectivity index (χ3n) is 7.06. The Morgan fingerprint density at radius 1 is 1.03 bits per heavy atom. The fourth-order valence-electron chi connectivity index (χ4n) is 5.18. The van der Waals surface area contributed by atoms with E-state index in [0.29, 0.717) is 12.0 Å². The molecule has 1 unspecified atom stereocenters. The standard InChI is InChI=1S/C25H39N5O2/c1-2-26-25(30-13-10-23(20-30)28-14-16-32-17-15-28)27-19-24(31)29-11-8-22(9-12-29)18-21-6-4-3-5-7-21/h3-7,22-23H,2,8-20H2,1H3,(H,26,27). The first-order valence-corrected chi connectivity index (χ1v) is 12.4. The summed E-state index contributed by atoms with van der Waals surface area (Å²) in [5.41, 5.74) is 1.40. The predicted octanol–water partition coefficient (Wildman–Crippen LogP) is 1.84. The third-order valence-corrected chi connectivity index (χ3v) is 7.06. The summed E-state index contributed by atoms with van der Waals surface area (Å²) in [7, 11) is 0. The van der Waals surface area contributed by atoms with E-state index in [1.165, 1.54) is 5.56 Å². The maximum atomic E-state index is 12.8. The van der Waals surface area contributed by atoms with E-state index in [1.54, 1.807) is 0 Å². The van der Waals surface area contributed by atoms with Crippen molar-refractivity contribution in [2.75, 3.05) is 65.6 Å². The summed E-state index contributed by atoms with van der Waals surface area (Å²) in [5, 5.41) is 3.40. The van der Waals surface area contributed by atoms with Gasteiger partial charge in [-0.1, -0.05) is 30.3 Å². The molecule has 3 fully saturated rings. The highest BCUT2D eigenvalue weighted by atomic mass is 16.5. The number of nitrogens with zero attached hydrogens (tertiary/aromatic N) is 4. The van der Waals surface area contributed by atoms with Gasteiger partial charge >= 0.3 is 0 Å². The lowest BCUT2D eigenvalue weighted by Gasteiger charge is -2.32. The molecule has 0 aliphatic carbocycles. The van der Waals surface area contributed by atoms with Gasteiger partial charge in [0.2, 0.25) is 5.91 Å². The fraction of sp³-hybridized carbons (Fsp3) is 0.680. The lowest BCUT2D eigenvalue weighted by atomic mass is 9.90. The van der Waals surface area contributed by atoms with Gasteiger partial charge < -0.3 is 19.9 Å². The highest BCUT2D eigenvalue weighted by Gasteiger charge is 2.30. The van der Waals surface area contributed by atoms with E-state index in [4.69, 9.17) is 9.73 Å². The van der Waals surface area contributed by atoms with Crippen LogP contribution in [0.25, 0.3) is 0 Å². The van der Waals surface area contributed by atoms with Gasteiger partial charge in [-0.25, -0.2) is 4.99 Å². The van der Waals surface area contributed by atoms with Crippen LogP contribution in [-0.4, -0.2) is 98.2 Å². The normalized spacial score (nSPS) is 23.5. The summed E-state index contributed by atoms with van der Waals surface area (Å²) >= 11 is 0. The summed E-state index contributed by atoms with van der Waals surface area (Å²) < 4.78 is 5.50. The number of amides is 1. The number of benzene rings is 1. The van der Waals surface area contributed by atoms with E-state index in [9.17, 15) is 4.79 Å². The average molecular weight is 442 g/mol. The number of likely N-dealkylation sites (tertiary alicyclic amines) is 2. The maximum Gasteiger partial charge on any atom is 0.244 e. The van der Waals surface area contributed by atoms with E-state index < -0.39 is 0 Å². The number of rotatable bonds is 6. The molecule has 7 nitrogen and oxygen atoms in total. The third kappa shape index (κ3) is 6.23. The number of carbonyl (C=O) groups excluding carboxylic acids is 1. The molecule has 3 aliphatic rings. The minimum absolute atomic E-state index is 0.155.